The van der Waals surface area contributed by atoms with E-state index in [1.165, 1.54) is 18.4 Å². The molecular weight excluding hydrogens is 350 g/mol. The summed E-state index contributed by atoms with van der Waals surface area (Å²) in [6, 6.07) is 14.8. The minimum Gasteiger partial charge on any atom is -0.487 e. The zero-order valence-corrected chi connectivity index (χ0v) is 14.0. The van der Waals surface area contributed by atoms with Crippen LogP contribution in [0.15, 0.2) is 46.9 Å². The summed E-state index contributed by atoms with van der Waals surface area (Å²) in [5.74, 6) is 0.701. The summed E-state index contributed by atoms with van der Waals surface area (Å²) in [7, 11) is 0. The molecule has 2 aromatic rings. The fourth-order valence-corrected chi connectivity index (χ4v) is 2.64. The monoisotopic (exact) mass is 365 g/mol. The molecule has 21 heavy (non-hydrogen) atoms. The summed E-state index contributed by atoms with van der Waals surface area (Å²) in [6.07, 6.45) is 2.62. The van der Waals surface area contributed by atoms with Crippen LogP contribution in [-0.4, -0.2) is 6.04 Å². The Kier molecular flexibility index (Phi) is 4.84. The molecule has 1 saturated carbocycles. The van der Waals surface area contributed by atoms with Gasteiger partial charge in [0.25, 0.3) is 0 Å². The maximum Gasteiger partial charge on any atom is 0.139 e. The van der Waals surface area contributed by atoms with Crippen molar-refractivity contribution in [2.45, 2.75) is 32.0 Å². The van der Waals surface area contributed by atoms with Crippen molar-refractivity contribution < 1.29 is 4.74 Å². The molecule has 1 N–H and O–H groups in total. The topological polar surface area (TPSA) is 21.3 Å². The van der Waals surface area contributed by atoms with Crippen molar-refractivity contribution in [2.75, 3.05) is 0 Å². The van der Waals surface area contributed by atoms with Crippen LogP contribution in [0.25, 0.3) is 0 Å². The van der Waals surface area contributed by atoms with Gasteiger partial charge in [-0.2, -0.15) is 0 Å². The molecule has 0 aromatic heterocycles. The molecule has 1 aliphatic rings. The lowest BCUT2D eigenvalue weighted by Crippen LogP contribution is -2.15. The highest BCUT2D eigenvalue weighted by Crippen LogP contribution is 2.28. The lowest BCUT2D eigenvalue weighted by Gasteiger charge is -2.10. The highest BCUT2D eigenvalue weighted by molar-refractivity contribution is 9.10. The van der Waals surface area contributed by atoms with Crippen LogP contribution in [0.2, 0.25) is 5.02 Å². The zero-order valence-electron chi connectivity index (χ0n) is 11.6. The lowest BCUT2D eigenvalue weighted by molar-refractivity contribution is 0.306. The van der Waals surface area contributed by atoms with Gasteiger partial charge >= 0.3 is 0 Å². The van der Waals surface area contributed by atoms with E-state index in [0.717, 1.165) is 22.6 Å². The predicted molar refractivity (Wildman–Crippen MR) is 89.8 cm³/mol. The second-order valence-corrected chi connectivity index (χ2v) is 6.66. The van der Waals surface area contributed by atoms with Crippen molar-refractivity contribution in [3.8, 4) is 5.75 Å². The fourth-order valence-electron chi connectivity index (χ4n) is 2.13. The first kappa shape index (κ1) is 14.9. The number of nitrogens with one attached hydrogen (secondary N) is 1. The highest BCUT2D eigenvalue weighted by Gasteiger charge is 2.19. The second kappa shape index (κ2) is 6.82. The Labute approximate surface area is 138 Å². The molecule has 3 rings (SSSR count). The van der Waals surface area contributed by atoms with E-state index in [9.17, 15) is 0 Å². The first-order chi connectivity index (χ1) is 10.2. The summed E-state index contributed by atoms with van der Waals surface area (Å²) in [5.41, 5.74) is 2.45. The maximum atomic E-state index is 6.13. The fraction of sp³-hybridized carbons (Fsp3) is 0.294. The normalized spacial score (nSPS) is 14.2. The third-order valence-corrected chi connectivity index (χ3v) is 4.26. The Balaban J connectivity index is 1.61. The van der Waals surface area contributed by atoms with E-state index in [0.29, 0.717) is 17.4 Å². The van der Waals surface area contributed by atoms with E-state index in [4.69, 9.17) is 16.3 Å². The van der Waals surface area contributed by atoms with Gasteiger partial charge in [0, 0.05) is 17.1 Å². The van der Waals surface area contributed by atoms with Crippen LogP contribution in [-0.2, 0) is 13.2 Å². The molecule has 0 spiro atoms. The number of benzene rings is 2. The second-order valence-electron chi connectivity index (χ2n) is 5.34. The van der Waals surface area contributed by atoms with Gasteiger partial charge in [-0.3, -0.25) is 0 Å². The van der Waals surface area contributed by atoms with Crippen molar-refractivity contribution in [3.63, 3.8) is 0 Å². The minimum absolute atomic E-state index is 0.521. The molecule has 0 aliphatic heterocycles. The number of hydrogen-bond acceptors (Lipinski definition) is 2. The van der Waals surface area contributed by atoms with Crippen LogP contribution in [0, 0.1) is 0 Å². The molecule has 0 atom stereocenters. The van der Waals surface area contributed by atoms with Crippen LogP contribution in [0.3, 0.4) is 0 Å². The molecule has 2 nitrogen and oxygen atoms in total. The first-order valence-corrected chi connectivity index (χ1v) is 8.27. The van der Waals surface area contributed by atoms with Crippen LogP contribution in [0.5, 0.6) is 5.75 Å². The number of rotatable bonds is 6. The summed E-state index contributed by atoms with van der Waals surface area (Å²) in [6.45, 7) is 1.45. The zero-order chi connectivity index (χ0) is 14.7. The third-order valence-electron chi connectivity index (χ3n) is 3.45. The summed E-state index contributed by atoms with van der Waals surface area (Å²) >= 11 is 9.56. The van der Waals surface area contributed by atoms with E-state index in [1.807, 2.05) is 18.2 Å². The number of halogens is 2. The lowest BCUT2D eigenvalue weighted by atomic mass is 10.1. The van der Waals surface area contributed by atoms with Crippen molar-refractivity contribution >= 4 is 27.5 Å². The van der Waals surface area contributed by atoms with Crippen molar-refractivity contribution in [1.29, 1.82) is 0 Å². The molecule has 4 heteroatoms. The molecule has 0 bridgehead atoms. The predicted octanol–water partition coefficient (Wildman–Crippen LogP) is 4.93. The summed E-state index contributed by atoms with van der Waals surface area (Å²) in [4.78, 5) is 0. The average Bonchev–Trinajstić information content (AvgIpc) is 3.31. The van der Waals surface area contributed by atoms with Crippen LogP contribution in [0.4, 0.5) is 0 Å². The van der Waals surface area contributed by atoms with Crippen molar-refractivity contribution in [1.82, 2.24) is 5.32 Å². The molecular formula is C17H17BrClNO. The smallest absolute Gasteiger partial charge is 0.139 e. The summed E-state index contributed by atoms with van der Waals surface area (Å²) < 4.78 is 6.78. The van der Waals surface area contributed by atoms with Gasteiger partial charge in [0.15, 0.2) is 0 Å². The highest BCUT2D eigenvalue weighted by atomic mass is 79.9. The molecule has 0 amide bonds. The van der Waals surface area contributed by atoms with Crippen molar-refractivity contribution in [3.05, 3.63) is 63.1 Å². The molecule has 0 saturated heterocycles. The Morgan fingerprint density at radius 1 is 1.14 bits per heavy atom. The van der Waals surface area contributed by atoms with Gasteiger partial charge in [-0.1, -0.05) is 51.8 Å². The molecule has 1 fully saturated rings. The van der Waals surface area contributed by atoms with Gasteiger partial charge in [-0.25, -0.2) is 0 Å². The van der Waals surface area contributed by atoms with Crippen LogP contribution in [0.1, 0.15) is 24.0 Å². The first-order valence-electron chi connectivity index (χ1n) is 7.10. The van der Waals surface area contributed by atoms with Gasteiger partial charge in [-0.05, 0) is 42.2 Å². The Bertz CT molecular complexity index is 628. The van der Waals surface area contributed by atoms with Gasteiger partial charge in [0.1, 0.15) is 12.4 Å². The molecule has 110 valence electrons. The van der Waals surface area contributed by atoms with Gasteiger partial charge < -0.3 is 10.1 Å². The van der Waals surface area contributed by atoms with E-state index in [-0.39, 0.29) is 0 Å². The van der Waals surface area contributed by atoms with Crippen LogP contribution < -0.4 is 10.1 Å². The average molecular weight is 367 g/mol. The van der Waals surface area contributed by atoms with Crippen LogP contribution >= 0.6 is 27.5 Å². The van der Waals surface area contributed by atoms with Gasteiger partial charge in [0.2, 0.25) is 0 Å². The Morgan fingerprint density at radius 2 is 1.95 bits per heavy atom. The van der Waals surface area contributed by atoms with Crippen molar-refractivity contribution in [2.24, 2.45) is 0 Å². The van der Waals surface area contributed by atoms with Gasteiger partial charge in [0.05, 0.1) is 5.02 Å². The Hall–Kier alpha value is -1.03. The quantitative estimate of drug-likeness (QED) is 0.782. The SMILES string of the molecule is Clc1ccc(Br)cc1OCc1cccc(CNC2CC2)c1. The maximum absolute atomic E-state index is 6.13. The molecule has 2 aromatic carbocycles. The largest absolute Gasteiger partial charge is 0.487 e. The number of ether oxygens (including phenoxy) is 1. The minimum atomic E-state index is 0.521. The Morgan fingerprint density at radius 3 is 2.76 bits per heavy atom. The van der Waals surface area contributed by atoms with E-state index >= 15 is 0 Å². The molecule has 0 radical (unpaired) electrons. The molecule has 0 heterocycles. The third kappa shape index (κ3) is 4.47. The van der Waals surface area contributed by atoms with Gasteiger partial charge in [-0.15, -0.1) is 0 Å². The van der Waals surface area contributed by atoms with E-state index in [2.05, 4.69) is 45.5 Å². The van der Waals surface area contributed by atoms with E-state index in [1.54, 1.807) is 0 Å². The number of hydrogen-bond donors (Lipinski definition) is 1. The standard InChI is InChI=1S/C17H17BrClNO/c18-14-4-7-16(19)17(9-14)21-11-13-3-1-2-12(8-13)10-20-15-5-6-15/h1-4,7-9,15,20H,5-6,10-11H2. The summed E-state index contributed by atoms with van der Waals surface area (Å²) in [5, 5.41) is 4.15. The molecule has 0 unspecified atom stereocenters. The van der Waals surface area contributed by atoms with E-state index < -0.39 is 0 Å². The molecule has 1 aliphatic carbocycles.